The first-order valence-electron chi connectivity index (χ1n) is 6.06. The van der Waals surface area contributed by atoms with Gasteiger partial charge >= 0.3 is 0 Å². The predicted molar refractivity (Wildman–Crippen MR) is 82.5 cm³/mol. The lowest BCUT2D eigenvalue weighted by Gasteiger charge is -2.07. The van der Waals surface area contributed by atoms with E-state index in [0.717, 1.165) is 27.5 Å². The van der Waals surface area contributed by atoms with Gasteiger partial charge in [0.1, 0.15) is 5.69 Å². The lowest BCUT2D eigenvalue weighted by atomic mass is 10.1. The van der Waals surface area contributed by atoms with E-state index in [9.17, 15) is 4.79 Å². The van der Waals surface area contributed by atoms with Crippen LogP contribution in [0.4, 0.5) is 0 Å². The summed E-state index contributed by atoms with van der Waals surface area (Å²) in [5, 5.41) is 4.23. The van der Waals surface area contributed by atoms with Gasteiger partial charge in [0.05, 0.1) is 10.7 Å². The van der Waals surface area contributed by atoms with Crippen LogP contribution in [0.15, 0.2) is 33.3 Å². The second kappa shape index (κ2) is 6.01. The van der Waals surface area contributed by atoms with Gasteiger partial charge in [-0.25, -0.2) is 0 Å². The van der Waals surface area contributed by atoms with Crippen molar-refractivity contribution in [2.45, 2.75) is 26.8 Å². The highest BCUT2D eigenvalue weighted by molar-refractivity contribution is 9.10. The number of carbonyl (C=O) groups is 1. The number of rotatable bonds is 4. The van der Waals surface area contributed by atoms with Gasteiger partial charge in [-0.05, 0) is 40.9 Å². The van der Waals surface area contributed by atoms with Gasteiger partial charge in [-0.1, -0.05) is 35.0 Å². The molecule has 0 aliphatic rings. The molecular weight excluding hydrogens is 372 g/mol. The van der Waals surface area contributed by atoms with Crippen molar-refractivity contribution in [2.75, 3.05) is 0 Å². The summed E-state index contributed by atoms with van der Waals surface area (Å²) in [6.07, 6.45) is 2.61. The third kappa shape index (κ3) is 2.98. The zero-order valence-corrected chi connectivity index (χ0v) is 14.0. The summed E-state index contributed by atoms with van der Waals surface area (Å²) in [6.45, 7) is 4.79. The second-order valence-corrected chi connectivity index (χ2v) is 6.07. The van der Waals surface area contributed by atoms with Gasteiger partial charge < -0.3 is 0 Å². The number of carbonyl (C=O) groups excluding carboxylic acids is 1. The average molecular weight is 386 g/mol. The molecule has 0 aliphatic carbocycles. The molecule has 3 nitrogen and oxygen atoms in total. The molecule has 0 radical (unpaired) electrons. The molecular formula is C14H14Br2N2O. The van der Waals surface area contributed by atoms with Gasteiger partial charge in [0, 0.05) is 16.6 Å². The van der Waals surface area contributed by atoms with Gasteiger partial charge in [0.25, 0.3) is 0 Å². The van der Waals surface area contributed by atoms with Crippen molar-refractivity contribution in [1.29, 1.82) is 0 Å². The summed E-state index contributed by atoms with van der Waals surface area (Å²) < 4.78 is 3.43. The van der Waals surface area contributed by atoms with Crippen molar-refractivity contribution in [3.8, 4) is 0 Å². The molecule has 100 valence electrons. The molecule has 0 N–H and O–H groups in total. The highest BCUT2D eigenvalue weighted by atomic mass is 79.9. The van der Waals surface area contributed by atoms with Crippen LogP contribution in [0.25, 0.3) is 0 Å². The maximum atomic E-state index is 12.6. The molecule has 0 saturated carbocycles. The van der Waals surface area contributed by atoms with E-state index in [-0.39, 0.29) is 5.78 Å². The molecule has 0 amide bonds. The van der Waals surface area contributed by atoms with Crippen molar-refractivity contribution in [3.63, 3.8) is 0 Å². The van der Waals surface area contributed by atoms with Gasteiger partial charge in [-0.3, -0.25) is 9.48 Å². The largest absolute Gasteiger partial charge is 0.287 e. The quantitative estimate of drug-likeness (QED) is 0.733. The fourth-order valence-corrected chi connectivity index (χ4v) is 2.70. The third-order valence-corrected chi connectivity index (χ3v) is 4.31. The summed E-state index contributed by atoms with van der Waals surface area (Å²) >= 11 is 6.86. The van der Waals surface area contributed by atoms with Crippen LogP contribution in [0.2, 0.25) is 0 Å². The molecule has 5 heteroatoms. The Bertz CT molecular complexity index is 620. The smallest absolute Gasteiger partial charge is 0.212 e. The Morgan fingerprint density at radius 1 is 1.32 bits per heavy atom. The topological polar surface area (TPSA) is 34.9 Å². The second-order valence-electron chi connectivity index (χ2n) is 4.36. The Labute approximate surface area is 129 Å². The number of hydrogen-bond acceptors (Lipinski definition) is 2. The zero-order chi connectivity index (χ0) is 14.0. The molecule has 2 aromatic rings. The zero-order valence-electron chi connectivity index (χ0n) is 10.8. The van der Waals surface area contributed by atoms with Crippen LogP contribution in [0, 0.1) is 6.92 Å². The standard InChI is InChI=1S/C14H14Br2N2O/c1-3-6-18-13(12(16)8-17-18)14(19)10-5-4-9(2)11(15)7-10/h4-5,7-8H,3,6H2,1-2H3. The maximum absolute atomic E-state index is 12.6. The molecule has 1 aromatic carbocycles. The molecule has 0 aliphatic heterocycles. The molecule has 1 heterocycles. The minimum Gasteiger partial charge on any atom is -0.287 e. The first kappa shape index (κ1) is 14.5. The lowest BCUT2D eigenvalue weighted by Crippen LogP contribution is -2.12. The van der Waals surface area contributed by atoms with Crippen LogP contribution in [0.1, 0.15) is 35.0 Å². The van der Waals surface area contributed by atoms with E-state index in [1.807, 2.05) is 25.1 Å². The number of nitrogens with zero attached hydrogens (tertiary/aromatic N) is 2. The Morgan fingerprint density at radius 3 is 2.68 bits per heavy atom. The van der Waals surface area contributed by atoms with Crippen LogP contribution in [-0.4, -0.2) is 15.6 Å². The highest BCUT2D eigenvalue weighted by Gasteiger charge is 2.19. The van der Waals surface area contributed by atoms with Crippen molar-refractivity contribution in [3.05, 3.63) is 50.2 Å². The van der Waals surface area contributed by atoms with Crippen LogP contribution in [0.5, 0.6) is 0 Å². The monoisotopic (exact) mass is 384 g/mol. The Kier molecular flexibility index (Phi) is 4.58. The number of halogens is 2. The molecule has 0 saturated heterocycles. The Balaban J connectivity index is 2.43. The SMILES string of the molecule is CCCn1ncc(Br)c1C(=O)c1ccc(C)c(Br)c1. The fourth-order valence-electron chi connectivity index (χ4n) is 1.84. The maximum Gasteiger partial charge on any atom is 0.212 e. The van der Waals surface area contributed by atoms with Crippen molar-refractivity contribution >= 4 is 37.6 Å². The fraction of sp³-hybridized carbons (Fsp3) is 0.286. The van der Waals surface area contributed by atoms with E-state index < -0.39 is 0 Å². The van der Waals surface area contributed by atoms with Crippen LogP contribution < -0.4 is 0 Å². The van der Waals surface area contributed by atoms with Crippen molar-refractivity contribution in [2.24, 2.45) is 0 Å². The molecule has 19 heavy (non-hydrogen) atoms. The van der Waals surface area contributed by atoms with Gasteiger partial charge in [0.2, 0.25) is 5.78 Å². The van der Waals surface area contributed by atoms with E-state index >= 15 is 0 Å². The Hall–Kier alpha value is -0.940. The normalized spacial score (nSPS) is 10.7. The molecule has 0 atom stereocenters. The van der Waals surface area contributed by atoms with E-state index in [2.05, 4.69) is 43.9 Å². The van der Waals surface area contributed by atoms with E-state index in [1.54, 1.807) is 10.9 Å². The van der Waals surface area contributed by atoms with Gasteiger partial charge in [-0.15, -0.1) is 0 Å². The van der Waals surface area contributed by atoms with Crippen LogP contribution >= 0.6 is 31.9 Å². The lowest BCUT2D eigenvalue weighted by molar-refractivity contribution is 0.102. The number of benzene rings is 1. The average Bonchev–Trinajstić information content (AvgIpc) is 2.74. The summed E-state index contributed by atoms with van der Waals surface area (Å²) in [7, 11) is 0. The number of ketones is 1. The first-order valence-corrected chi connectivity index (χ1v) is 7.65. The minimum absolute atomic E-state index is 0.0153. The third-order valence-electron chi connectivity index (χ3n) is 2.88. The number of hydrogen-bond donors (Lipinski definition) is 0. The summed E-state index contributed by atoms with van der Waals surface area (Å²) in [4.78, 5) is 12.6. The first-order chi connectivity index (χ1) is 9.04. The van der Waals surface area contributed by atoms with Crippen molar-refractivity contribution in [1.82, 2.24) is 9.78 Å². The summed E-state index contributed by atoms with van der Waals surface area (Å²) in [5.41, 5.74) is 2.38. The summed E-state index contributed by atoms with van der Waals surface area (Å²) in [6, 6.07) is 5.64. The highest BCUT2D eigenvalue weighted by Crippen LogP contribution is 2.23. The minimum atomic E-state index is -0.0153. The van der Waals surface area contributed by atoms with Gasteiger partial charge in [0.15, 0.2) is 0 Å². The molecule has 0 spiro atoms. The van der Waals surface area contributed by atoms with Crippen molar-refractivity contribution < 1.29 is 4.79 Å². The Morgan fingerprint density at radius 2 is 2.05 bits per heavy atom. The number of aryl methyl sites for hydroxylation is 2. The predicted octanol–water partition coefficient (Wildman–Crippen LogP) is 4.36. The molecule has 0 bridgehead atoms. The van der Waals surface area contributed by atoms with E-state index in [4.69, 9.17) is 0 Å². The van der Waals surface area contributed by atoms with Crippen LogP contribution in [-0.2, 0) is 6.54 Å². The van der Waals surface area contributed by atoms with E-state index in [1.165, 1.54) is 0 Å². The summed E-state index contributed by atoms with van der Waals surface area (Å²) in [5.74, 6) is -0.0153. The van der Waals surface area contributed by atoms with Gasteiger partial charge in [-0.2, -0.15) is 5.10 Å². The molecule has 2 rings (SSSR count). The van der Waals surface area contributed by atoms with E-state index in [0.29, 0.717) is 11.3 Å². The van der Waals surface area contributed by atoms with Crippen LogP contribution in [0.3, 0.4) is 0 Å². The number of aromatic nitrogens is 2. The molecule has 0 fully saturated rings. The molecule has 1 aromatic heterocycles. The molecule has 0 unspecified atom stereocenters.